The molecule has 1 aliphatic carbocycles. The lowest BCUT2D eigenvalue weighted by Crippen LogP contribution is -2.50. The van der Waals surface area contributed by atoms with Gasteiger partial charge in [0.2, 0.25) is 5.91 Å². The largest absolute Gasteiger partial charge is 0.356 e. The number of hydrogen-bond acceptors (Lipinski definition) is 3. The molecule has 19 heavy (non-hydrogen) atoms. The molecule has 0 bridgehead atoms. The van der Waals surface area contributed by atoms with Crippen molar-refractivity contribution in [2.24, 2.45) is 5.92 Å². The second-order valence-electron chi connectivity index (χ2n) is 6.15. The van der Waals surface area contributed by atoms with Gasteiger partial charge in [-0.2, -0.15) is 0 Å². The maximum atomic E-state index is 11.9. The molecule has 1 amide bonds. The summed E-state index contributed by atoms with van der Waals surface area (Å²) >= 11 is 0. The maximum absolute atomic E-state index is 11.9. The topological polar surface area (TPSA) is 44.4 Å². The summed E-state index contributed by atoms with van der Waals surface area (Å²) in [6.45, 7) is 7.19. The Labute approximate surface area is 117 Å². The fourth-order valence-corrected chi connectivity index (χ4v) is 3.20. The van der Waals surface area contributed by atoms with Crippen LogP contribution in [-0.4, -0.2) is 49.6 Å². The number of rotatable bonds is 5. The molecule has 1 saturated carbocycles. The van der Waals surface area contributed by atoms with Crippen LogP contribution in [0.4, 0.5) is 0 Å². The standard InChI is InChI=1S/C15H29N3O/c1-13-11-16-8-10-18(13)9-7-15(19)17-12-14-5-3-2-4-6-14/h13-14,16H,2-12H2,1H3,(H,17,19)/t13-/m1/s1. The van der Waals surface area contributed by atoms with Gasteiger partial charge >= 0.3 is 0 Å². The fraction of sp³-hybridized carbons (Fsp3) is 0.933. The zero-order valence-corrected chi connectivity index (χ0v) is 12.3. The van der Waals surface area contributed by atoms with Gasteiger partial charge in [-0.1, -0.05) is 19.3 Å². The van der Waals surface area contributed by atoms with Crippen molar-refractivity contribution in [1.82, 2.24) is 15.5 Å². The summed E-state index contributed by atoms with van der Waals surface area (Å²) in [4.78, 5) is 14.3. The first-order chi connectivity index (χ1) is 9.25. The van der Waals surface area contributed by atoms with Gasteiger partial charge in [0, 0.05) is 45.2 Å². The molecule has 2 fully saturated rings. The Morgan fingerprint density at radius 3 is 2.84 bits per heavy atom. The lowest BCUT2D eigenvalue weighted by atomic mass is 9.89. The molecule has 0 aromatic rings. The van der Waals surface area contributed by atoms with Crippen LogP contribution in [0.5, 0.6) is 0 Å². The SMILES string of the molecule is C[C@@H]1CNCCN1CCC(=O)NCC1CCCCC1. The van der Waals surface area contributed by atoms with Gasteiger partial charge in [-0.25, -0.2) is 0 Å². The van der Waals surface area contributed by atoms with E-state index < -0.39 is 0 Å². The van der Waals surface area contributed by atoms with E-state index in [0.717, 1.165) is 38.6 Å². The average Bonchev–Trinajstić information content (AvgIpc) is 2.45. The highest BCUT2D eigenvalue weighted by atomic mass is 16.1. The van der Waals surface area contributed by atoms with Crippen LogP contribution in [0.1, 0.15) is 45.4 Å². The highest BCUT2D eigenvalue weighted by Crippen LogP contribution is 2.22. The smallest absolute Gasteiger partial charge is 0.221 e. The number of carbonyl (C=O) groups excluding carboxylic acids is 1. The van der Waals surface area contributed by atoms with Gasteiger partial charge in [-0.15, -0.1) is 0 Å². The Balaban J connectivity index is 1.58. The molecule has 2 aliphatic rings. The summed E-state index contributed by atoms with van der Waals surface area (Å²) in [6.07, 6.45) is 7.32. The average molecular weight is 267 g/mol. The molecular formula is C15H29N3O. The number of carbonyl (C=O) groups is 1. The van der Waals surface area contributed by atoms with Gasteiger partial charge in [-0.3, -0.25) is 9.69 Å². The van der Waals surface area contributed by atoms with E-state index in [1.54, 1.807) is 0 Å². The Morgan fingerprint density at radius 1 is 1.32 bits per heavy atom. The van der Waals surface area contributed by atoms with Crippen LogP contribution < -0.4 is 10.6 Å². The molecule has 0 aromatic heterocycles. The number of nitrogens with one attached hydrogen (secondary N) is 2. The van der Waals surface area contributed by atoms with Crippen LogP contribution in [0.2, 0.25) is 0 Å². The van der Waals surface area contributed by atoms with E-state index in [4.69, 9.17) is 0 Å². The molecule has 4 heteroatoms. The molecule has 0 radical (unpaired) electrons. The molecule has 2 rings (SSSR count). The van der Waals surface area contributed by atoms with Gasteiger partial charge in [0.25, 0.3) is 0 Å². The van der Waals surface area contributed by atoms with Crippen molar-refractivity contribution < 1.29 is 4.79 Å². The van der Waals surface area contributed by atoms with Crippen LogP contribution in [0.3, 0.4) is 0 Å². The maximum Gasteiger partial charge on any atom is 0.221 e. The summed E-state index contributed by atoms with van der Waals surface area (Å²) in [5, 5.41) is 6.50. The Bertz CT molecular complexity index is 277. The normalized spacial score (nSPS) is 26.3. The van der Waals surface area contributed by atoms with E-state index in [1.165, 1.54) is 32.1 Å². The van der Waals surface area contributed by atoms with Gasteiger partial charge in [0.1, 0.15) is 0 Å². The molecule has 0 unspecified atom stereocenters. The van der Waals surface area contributed by atoms with Crippen LogP contribution in [0.25, 0.3) is 0 Å². The monoisotopic (exact) mass is 267 g/mol. The van der Waals surface area contributed by atoms with E-state index in [0.29, 0.717) is 12.5 Å². The van der Waals surface area contributed by atoms with Gasteiger partial charge < -0.3 is 10.6 Å². The minimum atomic E-state index is 0.233. The lowest BCUT2D eigenvalue weighted by molar-refractivity contribution is -0.121. The van der Waals surface area contributed by atoms with E-state index in [9.17, 15) is 4.79 Å². The third-order valence-electron chi connectivity index (χ3n) is 4.58. The van der Waals surface area contributed by atoms with Crippen molar-refractivity contribution >= 4 is 5.91 Å². The Hall–Kier alpha value is -0.610. The predicted molar refractivity (Wildman–Crippen MR) is 78.1 cm³/mol. The highest BCUT2D eigenvalue weighted by molar-refractivity contribution is 5.76. The zero-order valence-electron chi connectivity index (χ0n) is 12.3. The minimum absolute atomic E-state index is 0.233. The second kappa shape index (κ2) is 7.85. The van der Waals surface area contributed by atoms with Crippen molar-refractivity contribution in [3.8, 4) is 0 Å². The van der Waals surface area contributed by atoms with E-state index in [2.05, 4.69) is 22.5 Å². The molecule has 1 saturated heterocycles. The lowest BCUT2D eigenvalue weighted by Gasteiger charge is -2.33. The van der Waals surface area contributed by atoms with Gasteiger partial charge in [0.15, 0.2) is 0 Å². The van der Waals surface area contributed by atoms with Crippen molar-refractivity contribution in [3.63, 3.8) is 0 Å². The van der Waals surface area contributed by atoms with E-state index in [1.807, 2.05) is 0 Å². The van der Waals surface area contributed by atoms with Gasteiger partial charge in [-0.05, 0) is 25.7 Å². The quantitative estimate of drug-likeness (QED) is 0.791. The van der Waals surface area contributed by atoms with Crippen molar-refractivity contribution in [3.05, 3.63) is 0 Å². The molecular weight excluding hydrogens is 238 g/mol. The summed E-state index contributed by atoms with van der Waals surface area (Å²) in [6, 6.07) is 0.555. The third-order valence-corrected chi connectivity index (χ3v) is 4.58. The summed E-state index contributed by atoms with van der Waals surface area (Å²) in [5.74, 6) is 0.965. The van der Waals surface area contributed by atoms with Crippen LogP contribution in [0, 0.1) is 5.92 Å². The number of amides is 1. The fourth-order valence-electron chi connectivity index (χ4n) is 3.20. The highest BCUT2D eigenvalue weighted by Gasteiger charge is 2.19. The first-order valence-electron chi connectivity index (χ1n) is 7.97. The first-order valence-corrected chi connectivity index (χ1v) is 7.97. The van der Waals surface area contributed by atoms with Crippen molar-refractivity contribution in [2.45, 2.75) is 51.5 Å². The van der Waals surface area contributed by atoms with Crippen molar-refractivity contribution in [1.29, 1.82) is 0 Å². The Kier molecular flexibility index (Phi) is 6.11. The van der Waals surface area contributed by atoms with E-state index in [-0.39, 0.29) is 5.91 Å². The second-order valence-corrected chi connectivity index (χ2v) is 6.15. The molecule has 4 nitrogen and oxygen atoms in total. The first kappa shape index (κ1) is 14.8. The Morgan fingerprint density at radius 2 is 2.11 bits per heavy atom. The van der Waals surface area contributed by atoms with Crippen LogP contribution in [-0.2, 0) is 4.79 Å². The molecule has 0 spiro atoms. The van der Waals surface area contributed by atoms with Crippen LogP contribution in [0.15, 0.2) is 0 Å². The summed E-state index contributed by atoms with van der Waals surface area (Å²) in [5.41, 5.74) is 0. The molecule has 2 N–H and O–H groups in total. The molecule has 1 atom stereocenters. The molecule has 1 heterocycles. The minimum Gasteiger partial charge on any atom is -0.356 e. The van der Waals surface area contributed by atoms with E-state index >= 15 is 0 Å². The number of piperazine rings is 1. The van der Waals surface area contributed by atoms with Gasteiger partial charge in [0.05, 0.1) is 0 Å². The predicted octanol–water partition coefficient (Wildman–Crippen LogP) is 1.37. The molecule has 110 valence electrons. The summed E-state index contributed by atoms with van der Waals surface area (Å²) < 4.78 is 0. The third kappa shape index (κ3) is 5.11. The number of hydrogen-bond donors (Lipinski definition) is 2. The zero-order chi connectivity index (χ0) is 13.5. The molecule has 1 aliphatic heterocycles. The number of nitrogens with zero attached hydrogens (tertiary/aromatic N) is 1. The molecule has 0 aromatic carbocycles. The van der Waals surface area contributed by atoms with Crippen molar-refractivity contribution in [2.75, 3.05) is 32.7 Å². The summed E-state index contributed by atoms with van der Waals surface area (Å²) in [7, 11) is 0. The van der Waals surface area contributed by atoms with Crippen LogP contribution >= 0.6 is 0 Å².